The van der Waals surface area contributed by atoms with E-state index in [1.54, 1.807) is 0 Å². The summed E-state index contributed by atoms with van der Waals surface area (Å²) in [5.74, 6) is 0.777. The van der Waals surface area contributed by atoms with E-state index in [1.807, 2.05) is 0 Å². The molecule has 4 rings (SSSR count). The lowest BCUT2D eigenvalue weighted by Crippen LogP contribution is -2.57. The lowest BCUT2D eigenvalue weighted by molar-refractivity contribution is -0.137. The molecule has 3 nitrogen and oxygen atoms in total. The lowest BCUT2D eigenvalue weighted by Gasteiger charge is -2.46. The van der Waals surface area contributed by atoms with Gasteiger partial charge in [-0.15, -0.1) is 0 Å². The standard InChI is InChI=1S/C21H24N2O/c1-22-12-18-14-23(15-19(13-22)21(18)24)20(16-8-4-2-5-9-16)17-10-6-3-7-11-17/h2-11,18-20H,12-15H2,1H3. The first-order chi connectivity index (χ1) is 11.7. The molecule has 0 aromatic heterocycles. The van der Waals surface area contributed by atoms with Gasteiger partial charge < -0.3 is 4.90 Å². The van der Waals surface area contributed by atoms with Crippen molar-refractivity contribution in [2.75, 3.05) is 33.2 Å². The molecular weight excluding hydrogens is 296 g/mol. The highest BCUT2D eigenvalue weighted by Gasteiger charge is 2.42. The second-order valence-electron chi connectivity index (χ2n) is 7.20. The second kappa shape index (κ2) is 6.50. The van der Waals surface area contributed by atoms with Gasteiger partial charge in [0.2, 0.25) is 0 Å². The maximum Gasteiger partial charge on any atom is 0.144 e. The molecule has 2 aromatic carbocycles. The van der Waals surface area contributed by atoms with Crippen molar-refractivity contribution in [2.45, 2.75) is 6.04 Å². The summed E-state index contributed by atoms with van der Waals surface area (Å²) in [6, 6.07) is 21.6. The van der Waals surface area contributed by atoms with Gasteiger partial charge in [0.1, 0.15) is 5.78 Å². The van der Waals surface area contributed by atoms with Gasteiger partial charge in [-0.3, -0.25) is 9.69 Å². The molecule has 2 unspecified atom stereocenters. The Morgan fingerprint density at radius 2 is 1.25 bits per heavy atom. The predicted molar refractivity (Wildman–Crippen MR) is 95.8 cm³/mol. The fraction of sp³-hybridized carbons (Fsp3) is 0.381. The average Bonchev–Trinajstić information content (AvgIpc) is 2.59. The van der Waals surface area contributed by atoms with Gasteiger partial charge in [0.05, 0.1) is 6.04 Å². The number of hydrogen-bond donors (Lipinski definition) is 0. The minimum Gasteiger partial charge on any atom is -0.305 e. The van der Waals surface area contributed by atoms with Crippen molar-refractivity contribution in [3.8, 4) is 0 Å². The number of fused-ring (bicyclic) bond motifs is 2. The quantitative estimate of drug-likeness (QED) is 0.869. The number of rotatable bonds is 3. The molecule has 24 heavy (non-hydrogen) atoms. The maximum atomic E-state index is 12.5. The van der Waals surface area contributed by atoms with Crippen molar-refractivity contribution in [2.24, 2.45) is 11.8 Å². The van der Waals surface area contributed by atoms with Crippen LogP contribution in [0, 0.1) is 11.8 Å². The Bertz CT molecular complexity index is 643. The highest BCUT2D eigenvalue weighted by atomic mass is 16.1. The van der Waals surface area contributed by atoms with Crippen LogP contribution in [0.1, 0.15) is 17.2 Å². The van der Waals surface area contributed by atoms with Crippen LogP contribution in [0.25, 0.3) is 0 Å². The Kier molecular flexibility index (Phi) is 4.21. The first-order valence-corrected chi connectivity index (χ1v) is 8.78. The van der Waals surface area contributed by atoms with Crippen LogP contribution >= 0.6 is 0 Å². The topological polar surface area (TPSA) is 23.6 Å². The molecule has 0 amide bonds. The van der Waals surface area contributed by atoms with Crippen LogP contribution in [-0.4, -0.2) is 48.8 Å². The van der Waals surface area contributed by atoms with Crippen LogP contribution in [0.4, 0.5) is 0 Å². The maximum absolute atomic E-state index is 12.5. The number of Topliss-reactive ketones (excluding diaryl/α,β-unsaturated/α-hetero) is 1. The highest BCUT2D eigenvalue weighted by Crippen LogP contribution is 2.34. The first kappa shape index (κ1) is 15.6. The van der Waals surface area contributed by atoms with E-state index in [-0.39, 0.29) is 17.9 Å². The van der Waals surface area contributed by atoms with E-state index >= 15 is 0 Å². The van der Waals surface area contributed by atoms with Crippen molar-refractivity contribution in [3.63, 3.8) is 0 Å². The van der Waals surface area contributed by atoms with E-state index in [9.17, 15) is 4.79 Å². The van der Waals surface area contributed by atoms with Gasteiger partial charge in [0.25, 0.3) is 0 Å². The van der Waals surface area contributed by atoms with Gasteiger partial charge in [-0.1, -0.05) is 60.7 Å². The summed E-state index contributed by atoms with van der Waals surface area (Å²) < 4.78 is 0. The molecule has 124 valence electrons. The second-order valence-corrected chi connectivity index (χ2v) is 7.20. The molecule has 2 heterocycles. The van der Waals surface area contributed by atoms with Crippen LogP contribution in [0.2, 0.25) is 0 Å². The van der Waals surface area contributed by atoms with Crippen molar-refractivity contribution in [3.05, 3.63) is 71.8 Å². The molecule has 0 spiro atoms. The summed E-state index contributed by atoms with van der Waals surface area (Å²) in [5.41, 5.74) is 2.62. The fourth-order valence-electron chi connectivity index (χ4n) is 4.37. The van der Waals surface area contributed by atoms with Crippen LogP contribution in [0.5, 0.6) is 0 Å². The van der Waals surface area contributed by atoms with E-state index in [1.165, 1.54) is 11.1 Å². The number of likely N-dealkylation sites (tertiary alicyclic amines) is 2. The van der Waals surface area contributed by atoms with Crippen molar-refractivity contribution >= 4 is 5.78 Å². The molecule has 2 aliphatic rings. The summed E-state index contributed by atoms with van der Waals surface area (Å²) in [5, 5.41) is 0. The van der Waals surface area contributed by atoms with Gasteiger partial charge in [0.15, 0.2) is 0 Å². The molecule has 3 heteroatoms. The van der Waals surface area contributed by atoms with Crippen LogP contribution < -0.4 is 0 Å². The van der Waals surface area contributed by atoms with Gasteiger partial charge in [0, 0.05) is 38.0 Å². The Morgan fingerprint density at radius 1 is 0.792 bits per heavy atom. The highest BCUT2D eigenvalue weighted by molar-refractivity contribution is 5.86. The van der Waals surface area contributed by atoms with Gasteiger partial charge >= 0.3 is 0 Å². The van der Waals surface area contributed by atoms with Crippen molar-refractivity contribution < 1.29 is 4.79 Å². The summed E-state index contributed by atoms with van der Waals surface area (Å²) >= 11 is 0. The van der Waals surface area contributed by atoms with E-state index in [2.05, 4.69) is 77.5 Å². The molecule has 0 N–H and O–H groups in total. The Labute approximate surface area is 143 Å². The zero-order chi connectivity index (χ0) is 16.5. The lowest BCUT2D eigenvalue weighted by atomic mass is 9.81. The SMILES string of the molecule is CN1CC2CN(C(c3ccccc3)c3ccccc3)CC(C1)C2=O. The molecule has 0 aliphatic carbocycles. The van der Waals surface area contributed by atoms with Crippen LogP contribution in [0.15, 0.2) is 60.7 Å². The zero-order valence-electron chi connectivity index (χ0n) is 14.1. The van der Waals surface area contributed by atoms with Crippen molar-refractivity contribution in [1.82, 2.24) is 9.80 Å². The van der Waals surface area contributed by atoms with E-state index in [4.69, 9.17) is 0 Å². The average molecular weight is 320 g/mol. The number of hydrogen-bond acceptors (Lipinski definition) is 3. The van der Waals surface area contributed by atoms with Gasteiger partial charge in [-0.2, -0.15) is 0 Å². The Balaban J connectivity index is 1.69. The summed E-state index contributed by atoms with van der Waals surface area (Å²) in [7, 11) is 2.13. The molecule has 2 bridgehead atoms. The fourth-order valence-corrected chi connectivity index (χ4v) is 4.37. The number of piperidine rings is 2. The largest absolute Gasteiger partial charge is 0.305 e. The Hall–Kier alpha value is -1.97. The number of benzene rings is 2. The van der Waals surface area contributed by atoms with E-state index in [0.29, 0.717) is 5.78 Å². The molecule has 2 fully saturated rings. The number of carbonyl (C=O) groups is 1. The third-order valence-electron chi connectivity index (χ3n) is 5.37. The van der Waals surface area contributed by atoms with Gasteiger partial charge in [-0.25, -0.2) is 0 Å². The third-order valence-corrected chi connectivity index (χ3v) is 5.37. The van der Waals surface area contributed by atoms with E-state index in [0.717, 1.165) is 26.2 Å². The molecule has 2 aromatic rings. The smallest absolute Gasteiger partial charge is 0.144 e. The number of carbonyl (C=O) groups excluding carboxylic acids is 1. The molecule has 2 aliphatic heterocycles. The molecule has 0 radical (unpaired) electrons. The third kappa shape index (κ3) is 2.90. The number of ketones is 1. The Morgan fingerprint density at radius 3 is 1.71 bits per heavy atom. The minimum absolute atomic E-state index is 0.150. The minimum atomic E-state index is 0.150. The normalized spacial score (nSPS) is 25.2. The molecular formula is C21H24N2O. The predicted octanol–water partition coefficient (Wildman–Crippen LogP) is 2.84. The first-order valence-electron chi connectivity index (χ1n) is 8.78. The molecule has 0 saturated carbocycles. The zero-order valence-corrected chi connectivity index (χ0v) is 14.1. The summed E-state index contributed by atoms with van der Waals surface area (Å²) in [6.45, 7) is 3.49. The van der Waals surface area contributed by atoms with E-state index < -0.39 is 0 Å². The monoisotopic (exact) mass is 320 g/mol. The van der Waals surface area contributed by atoms with Crippen LogP contribution in [-0.2, 0) is 4.79 Å². The van der Waals surface area contributed by atoms with Crippen LogP contribution in [0.3, 0.4) is 0 Å². The number of nitrogens with zero attached hydrogens (tertiary/aromatic N) is 2. The molecule has 2 atom stereocenters. The summed E-state index contributed by atoms with van der Waals surface area (Å²) in [6.07, 6.45) is 0. The van der Waals surface area contributed by atoms with Gasteiger partial charge in [-0.05, 0) is 18.2 Å². The molecule has 2 saturated heterocycles. The summed E-state index contributed by atoms with van der Waals surface area (Å²) in [4.78, 5) is 17.4. The van der Waals surface area contributed by atoms with Crippen molar-refractivity contribution in [1.29, 1.82) is 0 Å².